The van der Waals surface area contributed by atoms with Gasteiger partial charge in [-0.3, -0.25) is 0 Å². The fraction of sp³-hybridized carbons (Fsp3) is 1.00. The molecule has 0 fully saturated rings. The number of rotatable bonds is 3. The zero-order valence-corrected chi connectivity index (χ0v) is 6.96. The summed E-state index contributed by atoms with van der Waals surface area (Å²) in [5.74, 6) is 0. The lowest BCUT2D eigenvalue weighted by atomic mass is 10.5. The first kappa shape index (κ1) is 9.20. The van der Waals surface area contributed by atoms with Crippen molar-refractivity contribution in [1.82, 2.24) is 4.72 Å². The molecule has 0 aromatic rings. The maximum atomic E-state index is 10.4. The van der Waals surface area contributed by atoms with E-state index < -0.39 is 10.0 Å². The van der Waals surface area contributed by atoms with Gasteiger partial charge in [0.15, 0.2) is 0 Å². The van der Waals surface area contributed by atoms with E-state index in [2.05, 4.69) is 4.72 Å². The number of hydrogen-bond acceptors (Lipinski definition) is 2. The van der Waals surface area contributed by atoms with Crippen LogP contribution in [0.15, 0.2) is 0 Å². The van der Waals surface area contributed by atoms with Gasteiger partial charge in [-0.15, -0.1) is 11.6 Å². The lowest BCUT2D eigenvalue weighted by Gasteiger charge is -2.01. The van der Waals surface area contributed by atoms with Crippen LogP contribution in [0.25, 0.3) is 0 Å². The Morgan fingerprint density at radius 1 is 1.67 bits per heavy atom. The largest absolute Gasteiger partial charge is 0.214 e. The van der Waals surface area contributed by atoms with Gasteiger partial charge in [-0.1, -0.05) is 0 Å². The molecule has 0 spiro atoms. The Balaban J connectivity index is 3.53. The Morgan fingerprint density at radius 2 is 2.11 bits per heavy atom. The third kappa shape index (κ3) is 8.20. The quantitative estimate of drug-likeness (QED) is 0.616. The van der Waals surface area contributed by atoms with Crippen molar-refractivity contribution in [3.63, 3.8) is 0 Å². The molecule has 0 bridgehead atoms. The van der Waals surface area contributed by atoms with E-state index in [0.717, 1.165) is 6.26 Å². The van der Waals surface area contributed by atoms with Crippen molar-refractivity contribution in [2.45, 2.75) is 12.3 Å². The van der Waals surface area contributed by atoms with Crippen molar-refractivity contribution >= 4 is 21.6 Å². The van der Waals surface area contributed by atoms with Crippen LogP contribution in [0.3, 0.4) is 0 Å². The summed E-state index contributed by atoms with van der Waals surface area (Å²) in [5.41, 5.74) is 0. The van der Waals surface area contributed by atoms with E-state index >= 15 is 0 Å². The SMILES string of the molecule is CC(Cl)CNS(C)(=O)=O. The molecule has 0 aliphatic carbocycles. The second-order valence-corrected chi connectivity index (χ2v) is 4.48. The summed E-state index contributed by atoms with van der Waals surface area (Å²) >= 11 is 5.46. The normalized spacial score (nSPS) is 15.4. The molecule has 0 saturated carbocycles. The highest BCUT2D eigenvalue weighted by Crippen LogP contribution is 1.89. The number of sulfonamides is 1. The van der Waals surface area contributed by atoms with Gasteiger partial charge in [-0.2, -0.15) is 0 Å². The smallest absolute Gasteiger partial charge is 0.208 e. The van der Waals surface area contributed by atoms with Crippen LogP contribution in [-0.2, 0) is 10.0 Å². The Kier molecular flexibility index (Phi) is 3.46. The summed E-state index contributed by atoms with van der Waals surface area (Å²) in [6.07, 6.45) is 1.10. The second-order valence-electron chi connectivity index (χ2n) is 1.90. The predicted molar refractivity (Wildman–Crippen MR) is 38.2 cm³/mol. The summed E-state index contributed by atoms with van der Waals surface area (Å²) in [7, 11) is -3.05. The standard InChI is InChI=1S/C4H10ClNO2S/c1-4(5)3-6-9(2,7)8/h4,6H,3H2,1-2H3. The molecular formula is C4H10ClNO2S. The zero-order valence-electron chi connectivity index (χ0n) is 5.39. The molecule has 1 atom stereocenters. The van der Waals surface area contributed by atoms with Crippen LogP contribution in [0.1, 0.15) is 6.92 Å². The topological polar surface area (TPSA) is 46.2 Å². The maximum Gasteiger partial charge on any atom is 0.208 e. The number of nitrogens with one attached hydrogen (secondary N) is 1. The fourth-order valence-corrected chi connectivity index (χ4v) is 0.988. The summed E-state index contributed by atoms with van der Waals surface area (Å²) in [5, 5.41) is -0.153. The fourth-order valence-electron chi connectivity index (χ4n) is 0.266. The minimum absolute atomic E-state index is 0.153. The molecule has 0 aliphatic heterocycles. The molecular weight excluding hydrogens is 162 g/mol. The van der Waals surface area contributed by atoms with Gasteiger partial charge in [0.05, 0.1) is 6.26 Å². The predicted octanol–water partition coefficient (Wildman–Crippen LogP) is 0.163. The molecule has 56 valence electrons. The van der Waals surface area contributed by atoms with Crippen LogP contribution in [-0.4, -0.2) is 26.6 Å². The molecule has 0 rings (SSSR count). The molecule has 0 aromatic heterocycles. The van der Waals surface area contributed by atoms with E-state index in [0.29, 0.717) is 6.54 Å². The molecule has 9 heavy (non-hydrogen) atoms. The molecule has 0 amide bonds. The molecule has 0 heterocycles. The van der Waals surface area contributed by atoms with Crippen LogP contribution < -0.4 is 4.72 Å². The van der Waals surface area contributed by atoms with Crippen LogP contribution in [0.5, 0.6) is 0 Å². The molecule has 0 aromatic carbocycles. The van der Waals surface area contributed by atoms with Crippen molar-refractivity contribution in [1.29, 1.82) is 0 Å². The van der Waals surface area contributed by atoms with Crippen LogP contribution >= 0.6 is 11.6 Å². The van der Waals surface area contributed by atoms with Gasteiger partial charge in [0, 0.05) is 11.9 Å². The highest BCUT2D eigenvalue weighted by atomic mass is 35.5. The van der Waals surface area contributed by atoms with E-state index in [1.54, 1.807) is 6.92 Å². The van der Waals surface area contributed by atoms with E-state index in [9.17, 15) is 8.42 Å². The van der Waals surface area contributed by atoms with Crippen LogP contribution in [0.2, 0.25) is 0 Å². The lowest BCUT2D eigenvalue weighted by Crippen LogP contribution is -2.27. The molecule has 1 unspecified atom stereocenters. The van der Waals surface area contributed by atoms with Gasteiger partial charge in [-0.25, -0.2) is 13.1 Å². The number of hydrogen-bond donors (Lipinski definition) is 1. The highest BCUT2D eigenvalue weighted by Gasteiger charge is 2.01. The minimum Gasteiger partial charge on any atom is -0.214 e. The average molecular weight is 172 g/mol. The van der Waals surface area contributed by atoms with E-state index in [1.165, 1.54) is 0 Å². The third-order valence-corrected chi connectivity index (χ3v) is 1.47. The molecule has 1 N–H and O–H groups in total. The number of halogens is 1. The van der Waals surface area contributed by atoms with Gasteiger partial charge in [0.25, 0.3) is 0 Å². The molecule has 0 radical (unpaired) electrons. The first-order chi connectivity index (χ1) is 3.92. The Bertz CT molecular complexity index is 163. The molecule has 5 heteroatoms. The summed E-state index contributed by atoms with van der Waals surface area (Å²) < 4.78 is 23.0. The Hall–Kier alpha value is 0.200. The van der Waals surface area contributed by atoms with E-state index in [4.69, 9.17) is 11.6 Å². The summed E-state index contributed by atoms with van der Waals surface area (Å²) in [6.45, 7) is 2.01. The minimum atomic E-state index is -3.05. The third-order valence-electron chi connectivity index (χ3n) is 0.627. The van der Waals surface area contributed by atoms with Crippen LogP contribution in [0.4, 0.5) is 0 Å². The van der Waals surface area contributed by atoms with E-state index in [-0.39, 0.29) is 5.38 Å². The number of alkyl halides is 1. The first-order valence-corrected chi connectivity index (χ1v) is 4.83. The monoisotopic (exact) mass is 171 g/mol. The van der Waals surface area contributed by atoms with Crippen molar-refractivity contribution in [3.8, 4) is 0 Å². The van der Waals surface area contributed by atoms with Crippen LogP contribution in [0, 0.1) is 0 Å². The first-order valence-electron chi connectivity index (χ1n) is 2.50. The van der Waals surface area contributed by atoms with Crippen molar-refractivity contribution < 1.29 is 8.42 Å². The van der Waals surface area contributed by atoms with Gasteiger partial charge < -0.3 is 0 Å². The zero-order chi connectivity index (χ0) is 7.49. The molecule has 3 nitrogen and oxygen atoms in total. The average Bonchev–Trinajstić information content (AvgIpc) is 1.59. The summed E-state index contributed by atoms with van der Waals surface area (Å²) in [4.78, 5) is 0. The van der Waals surface area contributed by atoms with Gasteiger partial charge >= 0.3 is 0 Å². The highest BCUT2D eigenvalue weighted by molar-refractivity contribution is 7.88. The molecule has 0 saturated heterocycles. The Labute approximate surface area is 60.4 Å². The van der Waals surface area contributed by atoms with Crippen molar-refractivity contribution in [2.75, 3.05) is 12.8 Å². The van der Waals surface area contributed by atoms with Crippen molar-refractivity contribution in [3.05, 3.63) is 0 Å². The van der Waals surface area contributed by atoms with Gasteiger partial charge in [0.2, 0.25) is 10.0 Å². The van der Waals surface area contributed by atoms with Gasteiger partial charge in [0.1, 0.15) is 0 Å². The second kappa shape index (κ2) is 3.39. The lowest BCUT2D eigenvalue weighted by molar-refractivity contribution is 0.587. The maximum absolute atomic E-state index is 10.4. The van der Waals surface area contributed by atoms with Crippen molar-refractivity contribution in [2.24, 2.45) is 0 Å². The van der Waals surface area contributed by atoms with E-state index in [1.807, 2.05) is 0 Å². The summed E-state index contributed by atoms with van der Waals surface area (Å²) in [6, 6.07) is 0. The van der Waals surface area contributed by atoms with Gasteiger partial charge in [-0.05, 0) is 6.92 Å². The Morgan fingerprint density at radius 3 is 2.22 bits per heavy atom. The molecule has 0 aliphatic rings.